The number of aromatic nitrogens is 2. The summed E-state index contributed by atoms with van der Waals surface area (Å²) in [6.07, 6.45) is 0. The molecule has 0 aliphatic carbocycles. The maximum Gasteiger partial charge on any atom is 0.289 e. The molecular formula is C22H17BrN4O. The first-order valence-electron chi connectivity index (χ1n) is 8.75. The Bertz CT molecular complexity index is 1180. The minimum Gasteiger partial charge on any atom is -0.272 e. The number of hydrogen-bond donors (Lipinski definition) is 2. The minimum absolute atomic E-state index is 0.337. The zero-order valence-electron chi connectivity index (χ0n) is 15.1. The smallest absolute Gasteiger partial charge is 0.272 e. The van der Waals surface area contributed by atoms with Crippen molar-refractivity contribution >= 4 is 38.3 Å². The second-order valence-electron chi connectivity index (χ2n) is 6.37. The number of hydrogen-bond acceptors (Lipinski definition) is 3. The molecule has 0 saturated carbocycles. The van der Waals surface area contributed by atoms with E-state index in [0.29, 0.717) is 11.4 Å². The van der Waals surface area contributed by atoms with Gasteiger partial charge in [0, 0.05) is 10.0 Å². The Morgan fingerprint density at radius 1 is 1.00 bits per heavy atom. The van der Waals surface area contributed by atoms with Crippen LogP contribution in [0.5, 0.6) is 0 Å². The van der Waals surface area contributed by atoms with Gasteiger partial charge in [0.05, 0.1) is 11.4 Å². The average Bonchev–Trinajstić information content (AvgIpc) is 3.22. The summed E-state index contributed by atoms with van der Waals surface area (Å²) >= 11 is 3.40. The molecular weight excluding hydrogens is 416 g/mol. The number of benzene rings is 3. The van der Waals surface area contributed by atoms with E-state index >= 15 is 0 Å². The fourth-order valence-corrected chi connectivity index (χ4v) is 3.15. The topological polar surface area (TPSA) is 70.1 Å². The van der Waals surface area contributed by atoms with E-state index in [2.05, 4.69) is 54.9 Å². The van der Waals surface area contributed by atoms with Crippen molar-refractivity contribution in [2.45, 2.75) is 6.92 Å². The average molecular weight is 433 g/mol. The zero-order valence-corrected chi connectivity index (χ0v) is 16.7. The number of hydrazone groups is 1. The van der Waals surface area contributed by atoms with Crippen LogP contribution in [-0.4, -0.2) is 21.8 Å². The molecule has 4 aromatic rings. The Morgan fingerprint density at radius 2 is 1.75 bits per heavy atom. The molecule has 0 saturated heterocycles. The van der Waals surface area contributed by atoms with E-state index in [1.807, 2.05) is 55.5 Å². The molecule has 2 N–H and O–H groups in total. The Balaban J connectivity index is 1.50. The van der Waals surface area contributed by atoms with E-state index < -0.39 is 0 Å². The first-order valence-corrected chi connectivity index (χ1v) is 9.54. The predicted octanol–water partition coefficient (Wildman–Crippen LogP) is 5.15. The van der Waals surface area contributed by atoms with Crippen LogP contribution < -0.4 is 5.43 Å². The lowest BCUT2D eigenvalue weighted by atomic mass is 10.1. The van der Waals surface area contributed by atoms with Gasteiger partial charge in [0.1, 0.15) is 5.69 Å². The molecule has 0 atom stereocenters. The Labute approximate surface area is 170 Å². The number of fused-ring (bicyclic) bond motifs is 1. The van der Waals surface area contributed by atoms with Crippen molar-refractivity contribution in [1.82, 2.24) is 15.6 Å². The lowest BCUT2D eigenvalue weighted by Gasteiger charge is -2.02. The van der Waals surface area contributed by atoms with Gasteiger partial charge in [-0.05, 0) is 47.5 Å². The predicted molar refractivity (Wildman–Crippen MR) is 115 cm³/mol. The number of rotatable bonds is 4. The maximum atomic E-state index is 12.4. The van der Waals surface area contributed by atoms with Crippen LogP contribution in [-0.2, 0) is 0 Å². The zero-order chi connectivity index (χ0) is 19.5. The Morgan fingerprint density at radius 3 is 2.54 bits per heavy atom. The van der Waals surface area contributed by atoms with Gasteiger partial charge in [0.2, 0.25) is 0 Å². The third-order valence-electron chi connectivity index (χ3n) is 4.45. The number of nitrogens with zero attached hydrogens (tertiary/aromatic N) is 2. The summed E-state index contributed by atoms with van der Waals surface area (Å²) in [4.78, 5) is 12.4. The third kappa shape index (κ3) is 3.87. The first-order chi connectivity index (χ1) is 13.6. The van der Waals surface area contributed by atoms with Crippen LogP contribution in [0.4, 0.5) is 0 Å². The van der Waals surface area contributed by atoms with Crippen molar-refractivity contribution in [3.8, 4) is 11.3 Å². The van der Waals surface area contributed by atoms with Crippen molar-refractivity contribution in [2.75, 3.05) is 0 Å². The Kier molecular flexibility index (Phi) is 5.04. The molecule has 0 spiro atoms. The summed E-state index contributed by atoms with van der Waals surface area (Å²) in [5, 5.41) is 13.5. The number of carbonyl (C=O) groups excluding carboxylic acids is 1. The number of amides is 1. The number of nitrogens with one attached hydrogen (secondary N) is 2. The van der Waals surface area contributed by atoms with Gasteiger partial charge in [0.25, 0.3) is 5.91 Å². The molecule has 0 aliphatic heterocycles. The van der Waals surface area contributed by atoms with Crippen LogP contribution in [0.2, 0.25) is 0 Å². The molecule has 0 unspecified atom stereocenters. The van der Waals surface area contributed by atoms with Crippen molar-refractivity contribution in [3.05, 3.63) is 88.5 Å². The molecule has 0 fully saturated rings. The molecule has 138 valence electrons. The van der Waals surface area contributed by atoms with Gasteiger partial charge in [-0.1, -0.05) is 64.5 Å². The molecule has 4 rings (SSSR count). The SMILES string of the molecule is CC(=NNC(=O)c1cc(-c2ccc3ccccc3c2)n[nH]1)c1ccc(Br)cc1. The van der Waals surface area contributed by atoms with E-state index in [9.17, 15) is 4.79 Å². The van der Waals surface area contributed by atoms with Gasteiger partial charge < -0.3 is 0 Å². The molecule has 28 heavy (non-hydrogen) atoms. The molecule has 1 aromatic heterocycles. The molecule has 0 radical (unpaired) electrons. The molecule has 1 amide bonds. The van der Waals surface area contributed by atoms with Crippen LogP contribution in [0, 0.1) is 0 Å². The Hall–Kier alpha value is -3.25. The van der Waals surface area contributed by atoms with Crippen LogP contribution in [0.3, 0.4) is 0 Å². The van der Waals surface area contributed by atoms with Gasteiger partial charge >= 0.3 is 0 Å². The highest BCUT2D eigenvalue weighted by Gasteiger charge is 2.11. The molecule has 0 aliphatic rings. The third-order valence-corrected chi connectivity index (χ3v) is 4.98. The van der Waals surface area contributed by atoms with E-state index in [1.165, 1.54) is 0 Å². The molecule has 1 heterocycles. The standard InChI is InChI=1S/C22H17BrN4O/c1-14(15-8-10-19(23)11-9-15)24-27-22(28)21-13-20(25-26-21)18-7-6-16-4-2-3-5-17(16)12-18/h2-13H,1H3,(H,25,26)(H,27,28). The molecule has 6 heteroatoms. The molecule has 5 nitrogen and oxygen atoms in total. The van der Waals surface area contributed by atoms with E-state index in [-0.39, 0.29) is 5.91 Å². The fraction of sp³-hybridized carbons (Fsp3) is 0.0455. The summed E-state index contributed by atoms with van der Waals surface area (Å²) < 4.78 is 0.992. The van der Waals surface area contributed by atoms with Crippen molar-refractivity contribution in [3.63, 3.8) is 0 Å². The fourth-order valence-electron chi connectivity index (χ4n) is 2.89. The minimum atomic E-state index is -0.337. The van der Waals surface area contributed by atoms with Crippen LogP contribution in [0.15, 0.2) is 82.4 Å². The first kappa shape index (κ1) is 18.1. The lowest BCUT2D eigenvalue weighted by molar-refractivity contribution is 0.0950. The lowest BCUT2D eigenvalue weighted by Crippen LogP contribution is -2.19. The highest BCUT2D eigenvalue weighted by Crippen LogP contribution is 2.23. The molecule has 0 bridgehead atoms. The van der Waals surface area contributed by atoms with E-state index in [4.69, 9.17) is 0 Å². The van der Waals surface area contributed by atoms with Gasteiger partial charge in [-0.15, -0.1) is 0 Å². The van der Waals surface area contributed by atoms with E-state index in [1.54, 1.807) is 6.07 Å². The van der Waals surface area contributed by atoms with Crippen LogP contribution in [0.1, 0.15) is 23.0 Å². The monoisotopic (exact) mass is 432 g/mol. The maximum absolute atomic E-state index is 12.4. The second kappa shape index (κ2) is 7.78. The van der Waals surface area contributed by atoms with Crippen LogP contribution >= 0.6 is 15.9 Å². The largest absolute Gasteiger partial charge is 0.289 e. The number of halogens is 1. The summed E-state index contributed by atoms with van der Waals surface area (Å²) in [7, 11) is 0. The summed E-state index contributed by atoms with van der Waals surface area (Å²) in [6, 6.07) is 23.7. The van der Waals surface area contributed by atoms with Crippen molar-refractivity contribution < 1.29 is 4.79 Å². The van der Waals surface area contributed by atoms with Gasteiger partial charge in [-0.2, -0.15) is 10.2 Å². The number of carbonyl (C=O) groups is 1. The van der Waals surface area contributed by atoms with E-state index in [0.717, 1.165) is 32.1 Å². The van der Waals surface area contributed by atoms with Crippen LogP contribution in [0.25, 0.3) is 22.0 Å². The van der Waals surface area contributed by atoms with Crippen molar-refractivity contribution in [2.24, 2.45) is 5.10 Å². The highest BCUT2D eigenvalue weighted by molar-refractivity contribution is 9.10. The summed E-state index contributed by atoms with van der Waals surface area (Å²) in [5.74, 6) is -0.337. The number of H-pyrrole nitrogens is 1. The molecule has 3 aromatic carbocycles. The van der Waals surface area contributed by atoms with Gasteiger partial charge in [-0.3, -0.25) is 9.89 Å². The van der Waals surface area contributed by atoms with Crippen molar-refractivity contribution in [1.29, 1.82) is 0 Å². The summed E-state index contributed by atoms with van der Waals surface area (Å²) in [6.45, 7) is 1.84. The van der Waals surface area contributed by atoms with Gasteiger partial charge in [0.15, 0.2) is 0 Å². The summed E-state index contributed by atoms with van der Waals surface area (Å²) in [5.41, 5.74) is 6.24. The number of aromatic amines is 1. The normalized spacial score (nSPS) is 11.6. The van der Waals surface area contributed by atoms with Gasteiger partial charge in [-0.25, -0.2) is 5.43 Å². The second-order valence-corrected chi connectivity index (χ2v) is 7.29. The quantitative estimate of drug-likeness (QED) is 0.345. The highest BCUT2D eigenvalue weighted by atomic mass is 79.9.